The van der Waals surface area contributed by atoms with Crippen molar-refractivity contribution in [2.75, 3.05) is 13.1 Å². The Balaban J connectivity index is 1.40. The maximum Gasteiger partial charge on any atom is 0.254 e. The van der Waals surface area contributed by atoms with E-state index in [1.807, 2.05) is 58.3 Å². The van der Waals surface area contributed by atoms with E-state index < -0.39 is 0 Å². The molecule has 2 aromatic carbocycles. The molecule has 0 saturated carbocycles. The molecule has 2 aliphatic rings. The molecule has 2 amide bonds. The molecule has 1 aromatic heterocycles. The minimum atomic E-state index is -0.0932. The number of nitrogens with zero attached hydrogens (tertiary/aromatic N) is 3. The normalized spacial score (nSPS) is 18.5. The predicted molar refractivity (Wildman–Crippen MR) is 115 cm³/mol. The quantitative estimate of drug-likeness (QED) is 0.669. The van der Waals surface area contributed by atoms with Gasteiger partial charge >= 0.3 is 0 Å². The number of aromatic nitrogens is 1. The van der Waals surface area contributed by atoms with Crippen LogP contribution in [0, 0.1) is 0 Å². The Hall–Kier alpha value is -3.34. The van der Waals surface area contributed by atoms with Crippen LogP contribution in [-0.4, -0.2) is 39.3 Å². The van der Waals surface area contributed by atoms with Crippen LogP contribution in [0.15, 0.2) is 72.9 Å². The largest absolute Gasteiger partial charge is 0.348 e. The van der Waals surface area contributed by atoms with E-state index in [4.69, 9.17) is 0 Å². The second-order valence-electron chi connectivity index (χ2n) is 8.05. The summed E-state index contributed by atoms with van der Waals surface area (Å²) in [4.78, 5) is 29.2. The summed E-state index contributed by atoms with van der Waals surface area (Å²) in [7, 11) is 0. The van der Waals surface area contributed by atoms with Gasteiger partial charge in [0, 0.05) is 50.1 Å². The molecule has 0 aliphatic carbocycles. The van der Waals surface area contributed by atoms with Crippen LogP contribution in [0.1, 0.15) is 46.1 Å². The Labute approximate surface area is 176 Å². The van der Waals surface area contributed by atoms with E-state index in [2.05, 4.69) is 29.0 Å². The Morgan fingerprint density at radius 3 is 2.43 bits per heavy atom. The molecular weight excluding hydrogens is 374 g/mol. The highest BCUT2D eigenvalue weighted by molar-refractivity contribution is 5.95. The molecule has 0 radical (unpaired) electrons. The SMILES string of the molecule is O=C1CCCN1Cc1ccc(C(=O)N2CCn3cccc3C2c2ccccc2)cc1. The zero-order valence-electron chi connectivity index (χ0n) is 16.9. The highest BCUT2D eigenvalue weighted by Gasteiger charge is 2.32. The number of carbonyl (C=O) groups excluding carboxylic acids is 2. The number of amides is 2. The van der Waals surface area contributed by atoms with Crippen molar-refractivity contribution in [2.24, 2.45) is 0 Å². The molecule has 0 bridgehead atoms. The third-order valence-electron chi connectivity index (χ3n) is 6.16. The summed E-state index contributed by atoms with van der Waals surface area (Å²) in [5, 5.41) is 0. The molecule has 1 fully saturated rings. The molecule has 1 atom stereocenters. The molecule has 1 saturated heterocycles. The van der Waals surface area contributed by atoms with Gasteiger partial charge in [0.05, 0.1) is 6.04 Å². The van der Waals surface area contributed by atoms with Crippen LogP contribution in [-0.2, 0) is 17.9 Å². The number of fused-ring (bicyclic) bond motifs is 1. The number of carbonyl (C=O) groups is 2. The van der Waals surface area contributed by atoms with Crippen molar-refractivity contribution in [3.63, 3.8) is 0 Å². The van der Waals surface area contributed by atoms with Crippen molar-refractivity contribution < 1.29 is 9.59 Å². The van der Waals surface area contributed by atoms with E-state index in [0.29, 0.717) is 25.1 Å². The second-order valence-corrected chi connectivity index (χ2v) is 8.05. The fourth-order valence-corrected chi connectivity index (χ4v) is 4.60. The van der Waals surface area contributed by atoms with Crippen LogP contribution in [0.3, 0.4) is 0 Å². The summed E-state index contributed by atoms with van der Waals surface area (Å²) >= 11 is 0. The highest BCUT2D eigenvalue weighted by atomic mass is 16.2. The van der Waals surface area contributed by atoms with Gasteiger partial charge in [-0.1, -0.05) is 42.5 Å². The second kappa shape index (κ2) is 7.82. The molecule has 30 heavy (non-hydrogen) atoms. The van der Waals surface area contributed by atoms with E-state index in [9.17, 15) is 9.59 Å². The van der Waals surface area contributed by atoms with Crippen molar-refractivity contribution in [1.82, 2.24) is 14.4 Å². The van der Waals surface area contributed by atoms with Crippen molar-refractivity contribution >= 4 is 11.8 Å². The maximum atomic E-state index is 13.5. The summed E-state index contributed by atoms with van der Waals surface area (Å²) in [6.45, 7) is 2.92. The Morgan fingerprint density at radius 1 is 0.900 bits per heavy atom. The molecule has 5 heteroatoms. The first-order valence-electron chi connectivity index (χ1n) is 10.6. The van der Waals surface area contributed by atoms with Crippen LogP contribution in [0.25, 0.3) is 0 Å². The first-order valence-corrected chi connectivity index (χ1v) is 10.6. The average molecular weight is 399 g/mol. The van der Waals surface area contributed by atoms with E-state index in [1.54, 1.807) is 0 Å². The molecular formula is C25H25N3O2. The van der Waals surface area contributed by atoms with Crippen molar-refractivity contribution in [3.05, 3.63) is 95.3 Å². The van der Waals surface area contributed by atoms with Crippen LogP contribution < -0.4 is 0 Å². The van der Waals surface area contributed by atoms with Gasteiger partial charge in [-0.05, 0) is 41.8 Å². The van der Waals surface area contributed by atoms with Crippen LogP contribution >= 0.6 is 0 Å². The summed E-state index contributed by atoms with van der Waals surface area (Å²) in [6, 6.07) is 22.0. The van der Waals surface area contributed by atoms with Crippen molar-refractivity contribution in [1.29, 1.82) is 0 Å². The summed E-state index contributed by atoms with van der Waals surface area (Å²) < 4.78 is 2.23. The minimum absolute atomic E-state index is 0.0418. The predicted octanol–water partition coefficient (Wildman–Crippen LogP) is 3.86. The lowest BCUT2D eigenvalue weighted by atomic mass is 9.98. The van der Waals surface area contributed by atoms with Crippen LogP contribution in [0.4, 0.5) is 0 Å². The average Bonchev–Trinajstić information content (AvgIpc) is 3.42. The fraction of sp³-hybridized carbons (Fsp3) is 0.280. The smallest absolute Gasteiger partial charge is 0.254 e. The number of rotatable bonds is 4. The summed E-state index contributed by atoms with van der Waals surface area (Å²) in [5.74, 6) is 0.261. The Morgan fingerprint density at radius 2 is 1.70 bits per heavy atom. The number of likely N-dealkylation sites (tertiary alicyclic amines) is 1. The molecule has 3 heterocycles. The topological polar surface area (TPSA) is 45.6 Å². The molecule has 2 aliphatic heterocycles. The summed E-state index contributed by atoms with van der Waals surface area (Å²) in [5.41, 5.74) is 4.01. The Bertz CT molecular complexity index is 1060. The standard InChI is InChI=1S/C25H25N3O2/c29-23-9-5-15-27(23)18-19-10-12-21(13-11-19)25(30)28-17-16-26-14-4-8-22(26)24(28)20-6-2-1-3-7-20/h1-4,6-8,10-14,24H,5,9,15-18H2. The third kappa shape index (κ3) is 3.41. The van der Waals surface area contributed by atoms with E-state index in [-0.39, 0.29) is 17.9 Å². The number of benzene rings is 2. The van der Waals surface area contributed by atoms with Gasteiger partial charge in [-0.3, -0.25) is 9.59 Å². The zero-order valence-corrected chi connectivity index (χ0v) is 16.9. The molecule has 5 rings (SSSR count). The van der Waals surface area contributed by atoms with Gasteiger partial charge in [0.2, 0.25) is 5.91 Å². The number of hydrogen-bond acceptors (Lipinski definition) is 2. The van der Waals surface area contributed by atoms with Gasteiger partial charge in [0.15, 0.2) is 0 Å². The van der Waals surface area contributed by atoms with Crippen molar-refractivity contribution in [2.45, 2.75) is 32.0 Å². The minimum Gasteiger partial charge on any atom is -0.348 e. The lowest BCUT2D eigenvalue weighted by Gasteiger charge is -2.37. The van der Waals surface area contributed by atoms with Gasteiger partial charge in [-0.25, -0.2) is 0 Å². The number of hydrogen-bond donors (Lipinski definition) is 0. The lowest BCUT2D eigenvalue weighted by molar-refractivity contribution is -0.128. The van der Waals surface area contributed by atoms with Gasteiger partial charge in [-0.2, -0.15) is 0 Å². The molecule has 0 spiro atoms. The van der Waals surface area contributed by atoms with Crippen LogP contribution in [0.2, 0.25) is 0 Å². The van der Waals surface area contributed by atoms with Gasteiger partial charge in [0.25, 0.3) is 5.91 Å². The lowest BCUT2D eigenvalue weighted by Crippen LogP contribution is -2.42. The zero-order chi connectivity index (χ0) is 20.5. The monoisotopic (exact) mass is 399 g/mol. The van der Waals surface area contributed by atoms with Crippen LogP contribution in [0.5, 0.6) is 0 Å². The highest BCUT2D eigenvalue weighted by Crippen LogP contribution is 2.33. The molecule has 0 N–H and O–H groups in total. The van der Waals surface area contributed by atoms with E-state index in [1.165, 1.54) is 0 Å². The van der Waals surface area contributed by atoms with E-state index >= 15 is 0 Å². The molecule has 1 unspecified atom stereocenters. The van der Waals surface area contributed by atoms with E-state index in [0.717, 1.165) is 36.3 Å². The molecule has 3 aromatic rings. The first-order chi connectivity index (χ1) is 14.7. The Kier molecular flexibility index (Phi) is 4.87. The van der Waals surface area contributed by atoms with Gasteiger partial charge in [0.1, 0.15) is 0 Å². The molecule has 152 valence electrons. The maximum absolute atomic E-state index is 13.5. The molecule has 5 nitrogen and oxygen atoms in total. The fourth-order valence-electron chi connectivity index (χ4n) is 4.60. The first kappa shape index (κ1) is 18.7. The van der Waals surface area contributed by atoms with Gasteiger partial charge < -0.3 is 14.4 Å². The van der Waals surface area contributed by atoms with Crippen molar-refractivity contribution in [3.8, 4) is 0 Å². The summed E-state index contributed by atoms with van der Waals surface area (Å²) in [6.07, 6.45) is 3.67. The van der Waals surface area contributed by atoms with Gasteiger partial charge in [-0.15, -0.1) is 0 Å². The third-order valence-corrected chi connectivity index (χ3v) is 6.16.